The zero-order valence-corrected chi connectivity index (χ0v) is 21.5. The van der Waals surface area contributed by atoms with Crippen LogP contribution in [0.15, 0.2) is 12.1 Å². The molecule has 1 aromatic carbocycles. The first-order valence-electron chi connectivity index (χ1n) is 10.9. The van der Waals surface area contributed by atoms with Gasteiger partial charge in [0.05, 0.1) is 0 Å². The van der Waals surface area contributed by atoms with Crippen molar-refractivity contribution < 1.29 is 38.1 Å². The molecule has 0 aliphatic rings. The minimum Gasteiger partial charge on any atom is -0.444 e. The zero-order chi connectivity index (χ0) is 27.8. The molecule has 12 nitrogen and oxygen atoms in total. The first-order chi connectivity index (χ1) is 16.5. The van der Waals surface area contributed by atoms with Gasteiger partial charge < -0.3 is 29.6 Å². The maximum absolute atomic E-state index is 12.4. The molecule has 0 aliphatic carbocycles. The molecule has 0 radical (unpaired) electrons. The number of rotatable bonds is 6. The van der Waals surface area contributed by atoms with Crippen LogP contribution in [0.1, 0.15) is 66.5 Å². The fourth-order valence-electron chi connectivity index (χ4n) is 2.44. The molecule has 2 N–H and O–H groups in total. The Morgan fingerprint density at radius 1 is 0.722 bits per heavy atom. The summed E-state index contributed by atoms with van der Waals surface area (Å²) in [6, 6.07) is 3.51. The van der Waals surface area contributed by atoms with E-state index in [1.807, 2.05) is 0 Å². The normalized spacial score (nSPS) is 12.6. The summed E-state index contributed by atoms with van der Waals surface area (Å²) in [5.74, 6) is -2.42. The Bertz CT molecular complexity index is 1020. The molecule has 0 unspecified atom stereocenters. The number of carbonyl (C=O) groups excluding carboxylic acids is 4. The van der Waals surface area contributed by atoms with Gasteiger partial charge in [-0.3, -0.25) is 0 Å². The van der Waals surface area contributed by atoms with Gasteiger partial charge in [-0.2, -0.15) is 10.5 Å². The lowest BCUT2D eigenvalue weighted by molar-refractivity contribution is -0.137. The smallest absolute Gasteiger partial charge is 0.408 e. The van der Waals surface area contributed by atoms with Crippen molar-refractivity contribution >= 4 is 24.1 Å². The van der Waals surface area contributed by atoms with Gasteiger partial charge in [-0.05, 0) is 67.5 Å². The van der Waals surface area contributed by atoms with Gasteiger partial charge in [0, 0.05) is 0 Å². The van der Waals surface area contributed by atoms with Crippen LogP contribution >= 0.6 is 0 Å². The van der Waals surface area contributed by atoms with Crippen molar-refractivity contribution in [1.29, 1.82) is 10.5 Å². The minimum atomic E-state index is -1.14. The van der Waals surface area contributed by atoms with Crippen molar-refractivity contribution in [3.63, 3.8) is 0 Å². The summed E-state index contributed by atoms with van der Waals surface area (Å²) in [5, 5.41) is 23.7. The second-order valence-electron chi connectivity index (χ2n) is 9.61. The Hall–Kier alpha value is -4.32. The number of benzene rings is 1. The van der Waals surface area contributed by atoms with Crippen molar-refractivity contribution in [3.05, 3.63) is 23.3 Å². The molecule has 0 spiro atoms. The van der Waals surface area contributed by atoms with Crippen LogP contribution in [-0.4, -0.2) is 47.4 Å². The molecular weight excluding hydrogens is 472 g/mol. The van der Waals surface area contributed by atoms with Gasteiger partial charge in [0.25, 0.3) is 0 Å². The summed E-state index contributed by atoms with van der Waals surface area (Å²) >= 11 is 0. The maximum Gasteiger partial charge on any atom is 0.408 e. The molecule has 2 atom stereocenters. The highest BCUT2D eigenvalue weighted by Gasteiger charge is 2.27. The fourth-order valence-corrected chi connectivity index (χ4v) is 2.44. The van der Waals surface area contributed by atoms with E-state index < -0.39 is 47.4 Å². The van der Waals surface area contributed by atoms with E-state index in [9.17, 15) is 29.7 Å². The molecule has 1 rings (SSSR count). The molecule has 0 bridgehead atoms. The van der Waals surface area contributed by atoms with Crippen LogP contribution in [0.2, 0.25) is 0 Å². The lowest BCUT2D eigenvalue weighted by atomic mass is 10.1. The number of nitrogens with one attached hydrogen (secondary N) is 2. The largest absolute Gasteiger partial charge is 0.444 e. The Morgan fingerprint density at radius 3 is 1.28 bits per heavy atom. The van der Waals surface area contributed by atoms with Crippen LogP contribution in [0.3, 0.4) is 0 Å². The second kappa shape index (κ2) is 11.9. The quantitative estimate of drug-likeness (QED) is 0.434. The first kappa shape index (κ1) is 29.7. The van der Waals surface area contributed by atoms with Crippen molar-refractivity contribution in [2.75, 3.05) is 0 Å². The van der Waals surface area contributed by atoms with Gasteiger partial charge in [0.15, 0.2) is 0 Å². The monoisotopic (exact) mass is 502 g/mol. The average Bonchev–Trinajstić information content (AvgIpc) is 2.71. The molecule has 0 aliphatic heterocycles. The Balaban J connectivity index is 3.00. The molecule has 0 heterocycles. The standard InChI is InChI=1S/C24H30N4O8/c1-13(27-21(31)35-23(3,4)5)19(29)33-17-9-10-18(16(12-26)15(17)11-25)34-20(30)14(2)28-22(32)36-24(6,7)8/h9-10,13-14H,1-8H3,(H,27,31)(H,28,32)/t13-,14-/m0/s1. The third-order valence-corrected chi connectivity index (χ3v) is 3.95. The molecule has 36 heavy (non-hydrogen) atoms. The van der Waals surface area contributed by atoms with E-state index >= 15 is 0 Å². The third-order valence-electron chi connectivity index (χ3n) is 3.95. The number of carbonyl (C=O) groups is 4. The van der Waals surface area contributed by atoms with Crippen LogP contribution in [0, 0.1) is 22.7 Å². The first-order valence-corrected chi connectivity index (χ1v) is 10.9. The van der Waals surface area contributed by atoms with Crippen molar-refractivity contribution in [3.8, 4) is 23.6 Å². The van der Waals surface area contributed by atoms with E-state index in [0.717, 1.165) is 12.1 Å². The number of nitriles is 2. The van der Waals surface area contributed by atoms with Crippen LogP contribution in [-0.2, 0) is 19.1 Å². The molecule has 194 valence electrons. The summed E-state index contributed by atoms with van der Waals surface area (Å²) in [6.07, 6.45) is -1.69. The van der Waals surface area contributed by atoms with E-state index in [1.165, 1.54) is 13.8 Å². The predicted molar refractivity (Wildman–Crippen MR) is 125 cm³/mol. The summed E-state index contributed by atoms with van der Waals surface area (Å²) < 4.78 is 20.5. The molecule has 0 saturated carbocycles. The summed E-state index contributed by atoms with van der Waals surface area (Å²) in [5.41, 5.74) is -2.30. The highest BCUT2D eigenvalue weighted by Crippen LogP contribution is 2.30. The van der Waals surface area contributed by atoms with Crippen LogP contribution in [0.5, 0.6) is 11.5 Å². The van der Waals surface area contributed by atoms with Gasteiger partial charge in [-0.25, -0.2) is 19.2 Å². The number of hydrogen-bond acceptors (Lipinski definition) is 10. The van der Waals surface area contributed by atoms with Gasteiger partial charge in [-0.15, -0.1) is 0 Å². The van der Waals surface area contributed by atoms with Crippen LogP contribution in [0.4, 0.5) is 9.59 Å². The number of hydrogen-bond donors (Lipinski definition) is 2. The van der Waals surface area contributed by atoms with Crippen molar-refractivity contribution in [2.45, 2.75) is 78.7 Å². The third kappa shape index (κ3) is 9.50. The van der Waals surface area contributed by atoms with Gasteiger partial charge in [-0.1, -0.05) is 0 Å². The lowest BCUT2D eigenvalue weighted by Gasteiger charge is -2.22. The lowest BCUT2D eigenvalue weighted by Crippen LogP contribution is -2.43. The highest BCUT2D eigenvalue weighted by atomic mass is 16.6. The Labute approximate surface area is 209 Å². The number of esters is 2. The van der Waals surface area contributed by atoms with E-state index in [-0.39, 0.29) is 22.6 Å². The predicted octanol–water partition coefficient (Wildman–Crippen LogP) is 3.07. The second-order valence-corrected chi connectivity index (χ2v) is 9.61. The number of alkyl carbamates (subject to hydrolysis) is 2. The Morgan fingerprint density at radius 2 is 1.03 bits per heavy atom. The molecule has 0 saturated heterocycles. The van der Waals surface area contributed by atoms with E-state index in [0.29, 0.717) is 0 Å². The molecule has 0 aromatic heterocycles. The summed E-state index contributed by atoms with van der Waals surface area (Å²) in [4.78, 5) is 48.6. The van der Waals surface area contributed by atoms with Crippen LogP contribution < -0.4 is 20.1 Å². The molecule has 1 aromatic rings. The van der Waals surface area contributed by atoms with Gasteiger partial charge >= 0.3 is 24.1 Å². The zero-order valence-electron chi connectivity index (χ0n) is 21.5. The van der Waals surface area contributed by atoms with Gasteiger partial charge in [0.1, 0.15) is 58.1 Å². The number of ether oxygens (including phenoxy) is 4. The molecular formula is C24H30N4O8. The maximum atomic E-state index is 12.4. The van der Waals surface area contributed by atoms with Crippen LogP contribution in [0.25, 0.3) is 0 Å². The van der Waals surface area contributed by atoms with Crippen molar-refractivity contribution in [1.82, 2.24) is 10.6 Å². The fraction of sp³-hybridized carbons (Fsp3) is 0.500. The van der Waals surface area contributed by atoms with E-state index in [2.05, 4.69) is 10.6 Å². The topological polar surface area (TPSA) is 177 Å². The number of amides is 2. The highest BCUT2D eigenvalue weighted by molar-refractivity contribution is 5.85. The Kier molecular flexibility index (Phi) is 9.81. The van der Waals surface area contributed by atoms with E-state index in [1.54, 1.807) is 53.7 Å². The van der Waals surface area contributed by atoms with Crippen molar-refractivity contribution in [2.24, 2.45) is 0 Å². The minimum absolute atomic E-state index is 0.281. The van der Waals surface area contributed by atoms with E-state index in [4.69, 9.17) is 18.9 Å². The summed E-state index contributed by atoms with van der Waals surface area (Å²) in [7, 11) is 0. The molecule has 12 heteroatoms. The van der Waals surface area contributed by atoms with Gasteiger partial charge in [0.2, 0.25) is 0 Å². The molecule has 0 fully saturated rings. The number of nitrogens with zero attached hydrogens (tertiary/aromatic N) is 2. The average molecular weight is 503 g/mol. The SMILES string of the molecule is C[C@H](NC(=O)OC(C)(C)C)C(=O)Oc1ccc(OC(=O)[C@H](C)NC(=O)OC(C)(C)C)c(C#N)c1C#N. The molecule has 2 amide bonds. The summed E-state index contributed by atoms with van der Waals surface area (Å²) in [6.45, 7) is 12.6.